The maximum absolute atomic E-state index is 14.2. The largest absolute Gasteiger partial charge is 0.347 e. The van der Waals surface area contributed by atoms with Crippen molar-refractivity contribution >= 4 is 21.6 Å². The minimum atomic E-state index is -3.87. The van der Waals surface area contributed by atoms with Gasteiger partial charge >= 0.3 is 0 Å². The molecule has 0 saturated carbocycles. The van der Waals surface area contributed by atoms with E-state index in [2.05, 4.69) is 5.32 Å². The number of nitrogens with zero attached hydrogens (tertiary/aromatic N) is 1. The highest BCUT2D eigenvalue weighted by molar-refractivity contribution is 7.92. The highest BCUT2D eigenvalue weighted by Gasteiger charge is 2.32. The van der Waals surface area contributed by atoms with Crippen LogP contribution < -0.4 is 9.62 Å². The molecule has 5 nitrogen and oxygen atoms in total. The summed E-state index contributed by atoms with van der Waals surface area (Å²) in [5.41, 5.74) is 3.00. The van der Waals surface area contributed by atoms with Crippen LogP contribution in [0.5, 0.6) is 0 Å². The Kier molecular flexibility index (Phi) is 6.82. The van der Waals surface area contributed by atoms with Gasteiger partial charge in [-0.25, -0.2) is 12.8 Å². The van der Waals surface area contributed by atoms with Crippen LogP contribution in [0.2, 0.25) is 0 Å². The summed E-state index contributed by atoms with van der Waals surface area (Å²) >= 11 is 0. The molecule has 0 spiro atoms. The van der Waals surface area contributed by atoms with Gasteiger partial charge in [0.15, 0.2) is 0 Å². The Hall–Kier alpha value is -2.41. The van der Waals surface area contributed by atoms with Gasteiger partial charge in [-0.15, -0.1) is 0 Å². The van der Waals surface area contributed by atoms with Crippen molar-refractivity contribution in [1.82, 2.24) is 5.32 Å². The second kappa shape index (κ2) is 8.73. The molecule has 0 heterocycles. The van der Waals surface area contributed by atoms with Crippen molar-refractivity contribution in [2.24, 2.45) is 0 Å². The maximum Gasteiger partial charge on any atom is 0.244 e. The van der Waals surface area contributed by atoms with E-state index in [-0.39, 0.29) is 11.7 Å². The van der Waals surface area contributed by atoms with Crippen molar-refractivity contribution in [2.45, 2.75) is 46.2 Å². The lowest BCUT2D eigenvalue weighted by atomic mass is 9.97. The Morgan fingerprint density at radius 2 is 1.82 bits per heavy atom. The third-order valence-electron chi connectivity index (χ3n) is 4.70. The zero-order valence-electron chi connectivity index (χ0n) is 16.9. The molecule has 0 saturated heterocycles. The molecular formula is C21H27FN2O3S. The topological polar surface area (TPSA) is 66.5 Å². The average Bonchev–Trinajstić information content (AvgIpc) is 2.60. The Balaban J connectivity index is 2.33. The zero-order chi connectivity index (χ0) is 21.1. The molecule has 0 fully saturated rings. The van der Waals surface area contributed by atoms with E-state index < -0.39 is 27.8 Å². The first-order valence-electron chi connectivity index (χ1n) is 9.17. The normalized spacial score (nSPS) is 13.6. The quantitative estimate of drug-likeness (QED) is 0.759. The molecule has 0 aliphatic heterocycles. The van der Waals surface area contributed by atoms with Crippen molar-refractivity contribution in [3.8, 4) is 0 Å². The van der Waals surface area contributed by atoms with Gasteiger partial charge in [-0.1, -0.05) is 42.8 Å². The summed E-state index contributed by atoms with van der Waals surface area (Å²) in [6.45, 7) is 7.37. The molecule has 1 N–H and O–H groups in total. The van der Waals surface area contributed by atoms with Gasteiger partial charge in [0, 0.05) is 0 Å². The summed E-state index contributed by atoms with van der Waals surface area (Å²) < 4.78 is 39.7. The zero-order valence-corrected chi connectivity index (χ0v) is 17.7. The standard InChI is InChI=1S/C21H27FN2O3S/c1-6-19(17-12-11-14(2)13-15(17)3)23-21(25)16(4)24(28(5,26)27)20-10-8-7-9-18(20)22/h7-13,16,19H,6H2,1-5H3,(H,23,25). The van der Waals surface area contributed by atoms with Crippen LogP contribution in [0.25, 0.3) is 0 Å². The molecule has 2 aromatic rings. The van der Waals surface area contributed by atoms with Gasteiger partial charge in [0.1, 0.15) is 11.9 Å². The molecule has 28 heavy (non-hydrogen) atoms. The number of rotatable bonds is 7. The van der Waals surface area contributed by atoms with E-state index in [1.165, 1.54) is 31.2 Å². The fourth-order valence-corrected chi connectivity index (χ4v) is 4.50. The molecular weight excluding hydrogens is 379 g/mol. The molecule has 0 bridgehead atoms. The van der Waals surface area contributed by atoms with E-state index in [0.29, 0.717) is 6.42 Å². The fourth-order valence-electron chi connectivity index (χ4n) is 3.32. The predicted octanol–water partition coefficient (Wildman–Crippen LogP) is 3.86. The van der Waals surface area contributed by atoms with Crippen LogP contribution >= 0.6 is 0 Å². The Morgan fingerprint density at radius 3 is 2.36 bits per heavy atom. The second-order valence-electron chi connectivity index (χ2n) is 7.02. The second-order valence-corrected chi connectivity index (χ2v) is 8.88. The summed E-state index contributed by atoms with van der Waals surface area (Å²) in [7, 11) is -3.87. The Labute approximate surface area is 166 Å². The highest BCUT2D eigenvalue weighted by atomic mass is 32.2. The third-order valence-corrected chi connectivity index (χ3v) is 5.93. The van der Waals surface area contributed by atoms with Crippen molar-refractivity contribution in [3.05, 3.63) is 65.0 Å². The predicted molar refractivity (Wildman–Crippen MR) is 110 cm³/mol. The maximum atomic E-state index is 14.2. The fraction of sp³-hybridized carbons (Fsp3) is 0.381. The first-order valence-corrected chi connectivity index (χ1v) is 11.0. The van der Waals surface area contributed by atoms with Gasteiger partial charge in [-0.05, 0) is 50.5 Å². The number of anilines is 1. The number of para-hydroxylation sites is 1. The minimum absolute atomic E-state index is 0.146. The van der Waals surface area contributed by atoms with Gasteiger partial charge in [-0.2, -0.15) is 0 Å². The van der Waals surface area contributed by atoms with Crippen molar-refractivity contribution in [3.63, 3.8) is 0 Å². The first kappa shape index (κ1) is 21.9. The monoisotopic (exact) mass is 406 g/mol. The lowest BCUT2D eigenvalue weighted by molar-refractivity contribution is -0.122. The molecule has 7 heteroatoms. The van der Waals surface area contributed by atoms with Gasteiger partial charge < -0.3 is 5.32 Å². The molecule has 0 aliphatic rings. The number of carbonyl (C=O) groups excluding carboxylic acids is 1. The number of nitrogens with one attached hydrogen (secondary N) is 1. The summed E-state index contributed by atoms with van der Waals surface area (Å²) in [6.07, 6.45) is 1.60. The van der Waals surface area contributed by atoms with Crippen LogP contribution in [0.3, 0.4) is 0 Å². The SMILES string of the molecule is CCC(NC(=O)C(C)N(c1ccccc1F)S(C)(=O)=O)c1ccc(C)cc1C. The molecule has 0 radical (unpaired) electrons. The van der Waals surface area contributed by atoms with Crippen molar-refractivity contribution in [1.29, 1.82) is 0 Å². The number of carbonyl (C=O) groups is 1. The lowest BCUT2D eigenvalue weighted by Gasteiger charge is -2.30. The van der Waals surface area contributed by atoms with Gasteiger partial charge in [0.25, 0.3) is 0 Å². The molecule has 2 aromatic carbocycles. The van der Waals surface area contributed by atoms with E-state index in [4.69, 9.17) is 0 Å². The number of halogens is 1. The average molecular weight is 407 g/mol. The van der Waals surface area contributed by atoms with Crippen LogP contribution in [0.15, 0.2) is 42.5 Å². The Bertz CT molecular complexity index is 960. The summed E-state index contributed by atoms with van der Waals surface area (Å²) in [4.78, 5) is 12.9. The van der Waals surface area contributed by atoms with Crippen LogP contribution in [0.1, 0.15) is 43.0 Å². The van der Waals surface area contributed by atoms with E-state index in [1.807, 2.05) is 39.0 Å². The molecule has 1 amide bonds. The molecule has 152 valence electrons. The lowest BCUT2D eigenvalue weighted by Crippen LogP contribution is -2.49. The van der Waals surface area contributed by atoms with Crippen LogP contribution in [0, 0.1) is 19.7 Å². The first-order chi connectivity index (χ1) is 13.1. The molecule has 2 unspecified atom stereocenters. The van der Waals surface area contributed by atoms with E-state index in [0.717, 1.165) is 27.3 Å². The summed E-state index contributed by atoms with van der Waals surface area (Å²) in [5.74, 6) is -1.19. The number of aryl methyl sites for hydroxylation is 2. The number of amides is 1. The molecule has 0 aliphatic carbocycles. The van der Waals surface area contributed by atoms with Gasteiger partial charge in [-0.3, -0.25) is 9.10 Å². The molecule has 2 rings (SSSR count). The van der Waals surface area contributed by atoms with Crippen LogP contribution in [-0.2, 0) is 14.8 Å². The molecule has 2 atom stereocenters. The molecule has 0 aromatic heterocycles. The number of hydrogen-bond donors (Lipinski definition) is 1. The van der Waals surface area contributed by atoms with E-state index in [9.17, 15) is 17.6 Å². The van der Waals surface area contributed by atoms with Crippen molar-refractivity contribution in [2.75, 3.05) is 10.6 Å². The number of hydrogen-bond acceptors (Lipinski definition) is 3. The van der Waals surface area contributed by atoms with Gasteiger partial charge in [0.05, 0.1) is 18.0 Å². The summed E-state index contributed by atoms with van der Waals surface area (Å²) in [6, 6.07) is 10.1. The Morgan fingerprint density at radius 1 is 1.18 bits per heavy atom. The number of sulfonamides is 1. The van der Waals surface area contributed by atoms with E-state index in [1.54, 1.807) is 0 Å². The van der Waals surface area contributed by atoms with Crippen LogP contribution in [0.4, 0.5) is 10.1 Å². The smallest absolute Gasteiger partial charge is 0.244 e. The van der Waals surface area contributed by atoms with Crippen molar-refractivity contribution < 1.29 is 17.6 Å². The summed E-state index contributed by atoms with van der Waals surface area (Å²) in [5, 5.41) is 2.92. The number of benzene rings is 2. The van der Waals surface area contributed by atoms with Crippen LogP contribution in [-0.4, -0.2) is 26.6 Å². The third kappa shape index (κ3) is 4.90. The highest BCUT2D eigenvalue weighted by Crippen LogP contribution is 2.26. The van der Waals surface area contributed by atoms with Gasteiger partial charge in [0.2, 0.25) is 15.9 Å². The minimum Gasteiger partial charge on any atom is -0.347 e. The van der Waals surface area contributed by atoms with E-state index >= 15 is 0 Å².